The molecule has 0 saturated heterocycles. The van der Waals surface area contributed by atoms with Gasteiger partial charge in [-0.25, -0.2) is 0 Å². The fourth-order valence-electron chi connectivity index (χ4n) is 1.82. The largest absolute Gasteiger partial charge is 0.294 e. The standard InChI is InChI=1S/C16H25NO/c1-7-16(4,5)17(6)11-15(18)14-10-12(2)8-9-13(14)3/h8-10H,7,11H2,1-6H3. The van der Waals surface area contributed by atoms with Crippen LogP contribution in [-0.4, -0.2) is 29.8 Å². The Kier molecular flexibility index (Phi) is 4.69. The first kappa shape index (κ1) is 14.9. The van der Waals surface area contributed by atoms with Crippen LogP contribution in [0.1, 0.15) is 48.7 Å². The monoisotopic (exact) mass is 247 g/mol. The number of ketones is 1. The Labute approximate surface area is 111 Å². The summed E-state index contributed by atoms with van der Waals surface area (Å²) in [6, 6.07) is 6.06. The van der Waals surface area contributed by atoms with E-state index in [-0.39, 0.29) is 11.3 Å². The van der Waals surface area contributed by atoms with Gasteiger partial charge in [0.05, 0.1) is 6.54 Å². The fourth-order valence-corrected chi connectivity index (χ4v) is 1.82. The molecule has 2 heteroatoms. The first-order valence-electron chi connectivity index (χ1n) is 6.59. The number of likely N-dealkylation sites (N-methyl/N-ethyl adjacent to an activating group) is 1. The molecule has 0 aliphatic carbocycles. The number of carbonyl (C=O) groups is 1. The van der Waals surface area contributed by atoms with Gasteiger partial charge < -0.3 is 0 Å². The molecule has 1 aromatic carbocycles. The molecule has 1 rings (SSSR count). The summed E-state index contributed by atoms with van der Waals surface area (Å²) in [4.78, 5) is 14.5. The number of hydrogen-bond donors (Lipinski definition) is 0. The van der Waals surface area contributed by atoms with Crippen molar-refractivity contribution in [3.8, 4) is 0 Å². The summed E-state index contributed by atoms with van der Waals surface area (Å²) >= 11 is 0. The quantitative estimate of drug-likeness (QED) is 0.741. The lowest BCUT2D eigenvalue weighted by Gasteiger charge is -2.34. The normalized spacial score (nSPS) is 11.9. The molecule has 0 bridgehead atoms. The molecule has 100 valence electrons. The van der Waals surface area contributed by atoms with E-state index in [4.69, 9.17) is 0 Å². The van der Waals surface area contributed by atoms with Gasteiger partial charge in [0.15, 0.2) is 5.78 Å². The Hall–Kier alpha value is -1.15. The first-order chi connectivity index (χ1) is 8.27. The van der Waals surface area contributed by atoms with Gasteiger partial charge in [0, 0.05) is 11.1 Å². The second-order valence-electron chi connectivity index (χ2n) is 5.76. The van der Waals surface area contributed by atoms with Gasteiger partial charge >= 0.3 is 0 Å². The molecule has 0 aliphatic heterocycles. The van der Waals surface area contributed by atoms with Crippen LogP contribution in [-0.2, 0) is 0 Å². The maximum atomic E-state index is 12.3. The number of benzene rings is 1. The maximum absolute atomic E-state index is 12.3. The van der Waals surface area contributed by atoms with Gasteiger partial charge in [0.2, 0.25) is 0 Å². The van der Waals surface area contributed by atoms with Gasteiger partial charge in [-0.1, -0.05) is 24.6 Å². The highest BCUT2D eigenvalue weighted by molar-refractivity contribution is 5.99. The summed E-state index contributed by atoms with van der Waals surface area (Å²) in [5.74, 6) is 0.209. The van der Waals surface area contributed by atoms with Gasteiger partial charge in [-0.15, -0.1) is 0 Å². The minimum Gasteiger partial charge on any atom is -0.294 e. The minimum absolute atomic E-state index is 0.0629. The molecule has 1 aromatic rings. The Balaban J connectivity index is 2.86. The van der Waals surface area contributed by atoms with E-state index in [9.17, 15) is 4.79 Å². The molecule has 0 aromatic heterocycles. The van der Waals surface area contributed by atoms with Crippen LogP contribution in [0, 0.1) is 13.8 Å². The molecule has 0 saturated carbocycles. The van der Waals surface area contributed by atoms with Gasteiger partial charge in [-0.3, -0.25) is 9.69 Å². The Morgan fingerprint density at radius 1 is 1.28 bits per heavy atom. The second kappa shape index (κ2) is 5.66. The minimum atomic E-state index is 0.0629. The average Bonchev–Trinajstić information content (AvgIpc) is 2.31. The van der Waals surface area contributed by atoms with Gasteiger partial charge in [-0.2, -0.15) is 0 Å². The second-order valence-corrected chi connectivity index (χ2v) is 5.76. The molecule has 0 aliphatic rings. The van der Waals surface area contributed by atoms with Crippen LogP contribution in [0.25, 0.3) is 0 Å². The Bertz CT molecular complexity index is 435. The number of nitrogens with zero attached hydrogens (tertiary/aromatic N) is 1. The molecule has 0 spiro atoms. The number of hydrogen-bond acceptors (Lipinski definition) is 2. The summed E-state index contributed by atoms with van der Waals surface area (Å²) in [5.41, 5.74) is 3.12. The Morgan fingerprint density at radius 3 is 2.44 bits per heavy atom. The first-order valence-corrected chi connectivity index (χ1v) is 6.59. The summed E-state index contributed by atoms with van der Waals surface area (Å²) in [7, 11) is 2.02. The summed E-state index contributed by atoms with van der Waals surface area (Å²) in [6.07, 6.45) is 1.03. The SMILES string of the molecule is CCC(C)(C)N(C)CC(=O)c1cc(C)ccc1C. The molecule has 0 fully saturated rings. The van der Waals surface area contributed by atoms with Crippen molar-refractivity contribution in [1.29, 1.82) is 0 Å². The van der Waals surface area contributed by atoms with Crippen LogP contribution in [0.5, 0.6) is 0 Å². The van der Waals surface area contributed by atoms with Crippen LogP contribution in [0.3, 0.4) is 0 Å². The topological polar surface area (TPSA) is 20.3 Å². The van der Waals surface area contributed by atoms with E-state index >= 15 is 0 Å². The third kappa shape index (κ3) is 3.42. The zero-order valence-electron chi connectivity index (χ0n) is 12.5. The summed E-state index contributed by atoms with van der Waals surface area (Å²) in [6.45, 7) is 11.0. The number of Topliss-reactive ketones (excluding diaryl/α,β-unsaturated/α-hetero) is 1. The van der Waals surface area contributed by atoms with Crippen LogP contribution in [0.15, 0.2) is 18.2 Å². The van der Waals surface area contributed by atoms with Crippen molar-refractivity contribution < 1.29 is 4.79 Å². The Morgan fingerprint density at radius 2 is 1.89 bits per heavy atom. The van der Waals surface area contributed by atoms with Crippen molar-refractivity contribution in [2.24, 2.45) is 0 Å². The van der Waals surface area contributed by atoms with Crippen molar-refractivity contribution >= 4 is 5.78 Å². The number of aryl methyl sites for hydroxylation is 2. The van der Waals surface area contributed by atoms with Crippen molar-refractivity contribution in [3.05, 3.63) is 34.9 Å². The fraction of sp³-hybridized carbons (Fsp3) is 0.562. The highest BCUT2D eigenvalue weighted by atomic mass is 16.1. The van der Waals surface area contributed by atoms with E-state index in [0.29, 0.717) is 6.54 Å². The molecular weight excluding hydrogens is 222 g/mol. The zero-order chi connectivity index (χ0) is 13.9. The highest BCUT2D eigenvalue weighted by Crippen LogP contribution is 2.18. The highest BCUT2D eigenvalue weighted by Gasteiger charge is 2.23. The zero-order valence-corrected chi connectivity index (χ0v) is 12.5. The summed E-state index contributed by atoms with van der Waals surface area (Å²) in [5, 5.41) is 0. The molecule has 0 atom stereocenters. The molecule has 0 unspecified atom stereocenters. The smallest absolute Gasteiger partial charge is 0.177 e. The van der Waals surface area contributed by atoms with Crippen LogP contribution in [0.2, 0.25) is 0 Å². The third-order valence-corrected chi connectivity index (χ3v) is 3.97. The van der Waals surface area contributed by atoms with Crippen molar-refractivity contribution in [2.45, 2.75) is 46.6 Å². The third-order valence-electron chi connectivity index (χ3n) is 3.97. The van der Waals surface area contributed by atoms with Gasteiger partial charge in [0.25, 0.3) is 0 Å². The summed E-state index contributed by atoms with van der Waals surface area (Å²) < 4.78 is 0. The average molecular weight is 247 g/mol. The molecule has 0 N–H and O–H groups in total. The lowest BCUT2D eigenvalue weighted by atomic mass is 9.97. The van der Waals surface area contributed by atoms with E-state index in [0.717, 1.165) is 23.1 Å². The van der Waals surface area contributed by atoms with E-state index < -0.39 is 0 Å². The predicted octanol–water partition coefficient (Wildman–Crippen LogP) is 3.61. The molecule has 0 heterocycles. The van der Waals surface area contributed by atoms with Gasteiger partial charge in [0.1, 0.15) is 0 Å². The molecule has 2 nitrogen and oxygen atoms in total. The van der Waals surface area contributed by atoms with Crippen LogP contribution >= 0.6 is 0 Å². The molecule has 0 amide bonds. The van der Waals surface area contributed by atoms with E-state index in [1.54, 1.807) is 0 Å². The number of carbonyl (C=O) groups excluding carboxylic acids is 1. The predicted molar refractivity (Wildman–Crippen MR) is 77.2 cm³/mol. The van der Waals surface area contributed by atoms with Crippen molar-refractivity contribution in [3.63, 3.8) is 0 Å². The van der Waals surface area contributed by atoms with Crippen LogP contribution in [0.4, 0.5) is 0 Å². The lowest BCUT2D eigenvalue weighted by Crippen LogP contribution is -2.43. The van der Waals surface area contributed by atoms with Crippen LogP contribution < -0.4 is 0 Å². The molecule has 0 radical (unpaired) electrons. The van der Waals surface area contributed by atoms with E-state index in [1.165, 1.54) is 0 Å². The molecular formula is C16H25NO. The van der Waals surface area contributed by atoms with Crippen molar-refractivity contribution in [1.82, 2.24) is 4.90 Å². The van der Waals surface area contributed by atoms with Gasteiger partial charge in [-0.05, 0) is 52.8 Å². The molecule has 18 heavy (non-hydrogen) atoms. The van der Waals surface area contributed by atoms with Crippen molar-refractivity contribution in [2.75, 3.05) is 13.6 Å². The maximum Gasteiger partial charge on any atom is 0.177 e. The lowest BCUT2D eigenvalue weighted by molar-refractivity contribution is 0.0846. The van der Waals surface area contributed by atoms with E-state index in [1.807, 2.05) is 39.1 Å². The number of rotatable bonds is 5. The van der Waals surface area contributed by atoms with E-state index in [2.05, 4.69) is 25.7 Å².